The predicted octanol–water partition coefficient (Wildman–Crippen LogP) is -0.433. The van der Waals surface area contributed by atoms with E-state index in [1.807, 2.05) is 0 Å². The lowest BCUT2D eigenvalue weighted by atomic mass is 9.98. The van der Waals surface area contributed by atoms with Crippen molar-refractivity contribution in [3.05, 3.63) is 0 Å². The standard InChI is InChI=1S/C14H23N5O6S/c1-9(20)17-6-2-3-10(7-17)16-13(15)12-5-4-11-8-18(12)14(21)19(11)25-26(22,23)24/h10-12H,2-8H2,1H3,(H2,15,16)(H,22,23,24)/t10-,11+,12-/m0/s1. The molecule has 0 saturated carbocycles. The second kappa shape index (κ2) is 7.00. The van der Waals surface area contributed by atoms with E-state index in [1.165, 1.54) is 11.8 Å². The molecule has 3 atom stereocenters. The van der Waals surface area contributed by atoms with E-state index in [0.717, 1.165) is 12.8 Å². The minimum Gasteiger partial charge on any atom is -0.368 e. The molecule has 0 radical (unpaired) electrons. The molecule has 0 aromatic heterocycles. The number of urea groups is 1. The maximum atomic E-state index is 12.4. The third-order valence-corrected chi connectivity index (χ3v) is 5.41. The fourth-order valence-electron chi connectivity index (χ4n) is 3.83. The molecule has 3 amide bonds. The van der Waals surface area contributed by atoms with Gasteiger partial charge in [-0.15, -0.1) is 4.28 Å². The van der Waals surface area contributed by atoms with Gasteiger partial charge >= 0.3 is 16.4 Å². The van der Waals surface area contributed by atoms with Crippen LogP contribution >= 0.6 is 0 Å². The molecule has 0 aromatic rings. The van der Waals surface area contributed by atoms with E-state index in [1.54, 1.807) is 4.90 Å². The van der Waals surface area contributed by atoms with Crippen LogP contribution in [0.2, 0.25) is 0 Å². The first-order valence-electron chi connectivity index (χ1n) is 8.53. The molecule has 12 heteroatoms. The zero-order valence-electron chi connectivity index (χ0n) is 14.4. The summed E-state index contributed by atoms with van der Waals surface area (Å²) in [7, 11) is -4.78. The van der Waals surface area contributed by atoms with E-state index < -0.39 is 28.5 Å². The van der Waals surface area contributed by atoms with E-state index in [0.29, 0.717) is 31.0 Å². The molecule has 0 unspecified atom stereocenters. The van der Waals surface area contributed by atoms with Gasteiger partial charge in [0, 0.05) is 32.6 Å². The molecular formula is C14H23N5O6S. The SMILES string of the molecule is CC(=O)N1CCC[C@H](NC(=N)[C@@H]2CC[C@@H]3CN2C(=O)N3OS(=O)(=O)O)C1. The molecule has 0 aromatic carbocycles. The summed E-state index contributed by atoms with van der Waals surface area (Å²) in [4.78, 5) is 27.0. The van der Waals surface area contributed by atoms with Crippen molar-refractivity contribution < 1.29 is 26.8 Å². The highest BCUT2D eigenvalue weighted by molar-refractivity contribution is 7.80. The summed E-state index contributed by atoms with van der Waals surface area (Å²) in [6.07, 6.45) is 2.61. The zero-order valence-corrected chi connectivity index (χ0v) is 15.2. The number of carbonyl (C=O) groups is 2. The highest BCUT2D eigenvalue weighted by Gasteiger charge is 2.48. The van der Waals surface area contributed by atoms with E-state index in [2.05, 4.69) is 9.60 Å². The van der Waals surface area contributed by atoms with Crippen LogP contribution in [0.25, 0.3) is 0 Å². The van der Waals surface area contributed by atoms with Gasteiger partial charge in [0.15, 0.2) is 0 Å². The van der Waals surface area contributed by atoms with Crippen molar-refractivity contribution in [2.45, 2.75) is 50.7 Å². The van der Waals surface area contributed by atoms with Gasteiger partial charge in [0.1, 0.15) is 5.84 Å². The van der Waals surface area contributed by atoms with Crippen LogP contribution in [0.4, 0.5) is 4.79 Å². The Morgan fingerprint density at radius 1 is 1.31 bits per heavy atom. The topological polar surface area (TPSA) is 143 Å². The molecule has 3 aliphatic heterocycles. The Morgan fingerprint density at radius 2 is 2.04 bits per heavy atom. The van der Waals surface area contributed by atoms with Crippen LogP contribution in [0.5, 0.6) is 0 Å². The summed E-state index contributed by atoms with van der Waals surface area (Å²) in [5.74, 6) is 0.164. The van der Waals surface area contributed by atoms with E-state index in [9.17, 15) is 18.0 Å². The van der Waals surface area contributed by atoms with Crippen LogP contribution in [0.15, 0.2) is 0 Å². The first-order chi connectivity index (χ1) is 12.2. The van der Waals surface area contributed by atoms with Crippen molar-refractivity contribution in [2.75, 3.05) is 19.6 Å². The minimum absolute atomic E-state index is 0.00346. The van der Waals surface area contributed by atoms with Crippen molar-refractivity contribution in [2.24, 2.45) is 0 Å². The number of hydrogen-bond acceptors (Lipinski definition) is 6. The second-order valence-electron chi connectivity index (χ2n) is 6.87. The van der Waals surface area contributed by atoms with E-state index in [4.69, 9.17) is 9.96 Å². The summed E-state index contributed by atoms with van der Waals surface area (Å²) < 4.78 is 35.0. The zero-order chi connectivity index (χ0) is 19.1. The normalized spacial score (nSPS) is 29.1. The Balaban J connectivity index is 1.63. The lowest BCUT2D eigenvalue weighted by Gasteiger charge is -2.36. The van der Waals surface area contributed by atoms with Gasteiger partial charge in [-0.3, -0.25) is 14.8 Å². The Hall–Kier alpha value is -1.92. The fourth-order valence-corrected chi connectivity index (χ4v) is 4.22. The second-order valence-corrected chi connectivity index (χ2v) is 7.88. The lowest BCUT2D eigenvalue weighted by Crippen LogP contribution is -2.55. The third kappa shape index (κ3) is 3.91. The van der Waals surface area contributed by atoms with E-state index in [-0.39, 0.29) is 24.3 Å². The maximum absolute atomic E-state index is 12.4. The van der Waals surface area contributed by atoms with Crippen LogP contribution in [-0.4, -0.2) is 83.4 Å². The number of rotatable bonds is 4. The molecule has 2 bridgehead atoms. The number of amidine groups is 1. The van der Waals surface area contributed by atoms with Gasteiger partial charge in [-0.25, -0.2) is 4.79 Å². The van der Waals surface area contributed by atoms with Crippen LogP contribution in [0.3, 0.4) is 0 Å². The minimum atomic E-state index is -4.78. The van der Waals surface area contributed by atoms with Gasteiger partial charge in [-0.1, -0.05) is 0 Å². The molecule has 0 aliphatic carbocycles. The van der Waals surface area contributed by atoms with Crippen LogP contribution in [0, 0.1) is 5.41 Å². The van der Waals surface area contributed by atoms with Crippen molar-refractivity contribution in [1.82, 2.24) is 20.2 Å². The lowest BCUT2D eigenvalue weighted by molar-refractivity contribution is -0.130. The van der Waals surface area contributed by atoms with Crippen molar-refractivity contribution in [1.29, 1.82) is 5.41 Å². The first kappa shape index (κ1) is 18.9. The molecule has 146 valence electrons. The average molecular weight is 389 g/mol. The number of piperidine rings is 2. The van der Waals surface area contributed by atoms with Crippen LogP contribution in [-0.2, 0) is 19.5 Å². The number of carbonyl (C=O) groups excluding carboxylic acids is 2. The number of hydrogen-bond donors (Lipinski definition) is 3. The molecule has 3 heterocycles. The maximum Gasteiger partial charge on any atom is 0.418 e. The molecular weight excluding hydrogens is 366 g/mol. The van der Waals surface area contributed by atoms with Gasteiger partial charge in [-0.05, 0) is 25.7 Å². The van der Waals surface area contributed by atoms with E-state index >= 15 is 0 Å². The first-order valence-corrected chi connectivity index (χ1v) is 9.89. The molecule has 3 aliphatic rings. The highest BCUT2D eigenvalue weighted by atomic mass is 32.3. The molecule has 3 fully saturated rings. The number of amides is 3. The third-order valence-electron chi connectivity index (χ3n) is 5.06. The van der Waals surface area contributed by atoms with Gasteiger partial charge in [0.25, 0.3) is 0 Å². The summed E-state index contributed by atoms with van der Waals surface area (Å²) in [6, 6.07) is -1.73. The summed E-state index contributed by atoms with van der Waals surface area (Å²) in [5.41, 5.74) is 0. The molecule has 11 nitrogen and oxygen atoms in total. The van der Waals surface area contributed by atoms with Crippen molar-refractivity contribution >= 4 is 28.2 Å². The largest absolute Gasteiger partial charge is 0.418 e. The summed E-state index contributed by atoms with van der Waals surface area (Å²) >= 11 is 0. The summed E-state index contributed by atoms with van der Waals surface area (Å²) in [5, 5.41) is 12.1. The Bertz CT molecular complexity index is 713. The Morgan fingerprint density at radius 3 is 2.69 bits per heavy atom. The number of nitrogens with zero attached hydrogens (tertiary/aromatic N) is 3. The van der Waals surface area contributed by atoms with Gasteiger partial charge in [-0.2, -0.15) is 13.5 Å². The number of likely N-dealkylation sites (tertiary alicyclic amines) is 1. The van der Waals surface area contributed by atoms with Crippen LogP contribution < -0.4 is 5.32 Å². The fraction of sp³-hybridized carbons (Fsp3) is 0.786. The number of fused-ring (bicyclic) bond motifs is 2. The molecule has 3 rings (SSSR count). The van der Waals surface area contributed by atoms with Gasteiger partial charge in [0.05, 0.1) is 12.1 Å². The Labute approximate surface area is 151 Å². The molecule has 3 N–H and O–H groups in total. The monoisotopic (exact) mass is 389 g/mol. The predicted molar refractivity (Wildman–Crippen MR) is 89.5 cm³/mol. The molecule has 3 saturated heterocycles. The summed E-state index contributed by atoms with van der Waals surface area (Å²) in [6.45, 7) is 2.96. The van der Waals surface area contributed by atoms with Gasteiger partial charge in [0.2, 0.25) is 5.91 Å². The molecule has 0 spiro atoms. The molecule has 26 heavy (non-hydrogen) atoms. The van der Waals surface area contributed by atoms with Crippen LogP contribution in [0.1, 0.15) is 32.6 Å². The number of nitrogens with one attached hydrogen (secondary N) is 2. The Kier molecular flexibility index (Phi) is 5.08. The quantitative estimate of drug-likeness (QED) is 0.336. The van der Waals surface area contributed by atoms with Gasteiger partial charge < -0.3 is 15.1 Å². The number of hydroxylamine groups is 2. The van der Waals surface area contributed by atoms with Crippen molar-refractivity contribution in [3.63, 3.8) is 0 Å². The average Bonchev–Trinajstić information content (AvgIpc) is 2.78. The highest BCUT2D eigenvalue weighted by Crippen LogP contribution is 2.31. The smallest absolute Gasteiger partial charge is 0.368 e. The van der Waals surface area contributed by atoms with Crippen molar-refractivity contribution in [3.8, 4) is 0 Å².